The molecule has 0 amide bonds. The molecule has 0 aromatic heterocycles. The highest BCUT2D eigenvalue weighted by Gasteiger charge is 2.21. The molecule has 0 heterocycles. The van der Waals surface area contributed by atoms with Gasteiger partial charge in [-0.1, -0.05) is 70.9 Å². The van der Waals surface area contributed by atoms with Crippen molar-refractivity contribution in [2.75, 3.05) is 0 Å². The molecule has 0 aromatic rings. The Morgan fingerprint density at radius 3 is 2.06 bits per heavy atom. The zero-order valence-corrected chi connectivity index (χ0v) is 21.2. The summed E-state index contributed by atoms with van der Waals surface area (Å²) in [6.45, 7) is 20.2. The van der Waals surface area contributed by atoms with Crippen molar-refractivity contribution in [3.8, 4) is 0 Å². The van der Waals surface area contributed by atoms with Gasteiger partial charge in [-0.15, -0.1) is 5.73 Å². The average Bonchev–Trinajstić information content (AvgIpc) is 2.73. The van der Waals surface area contributed by atoms with Crippen molar-refractivity contribution in [1.29, 1.82) is 0 Å². The van der Waals surface area contributed by atoms with E-state index in [0.29, 0.717) is 0 Å². The first-order valence-electron chi connectivity index (χ1n) is 12.0. The smallest absolute Gasteiger partial charge is 0.0583 e. The van der Waals surface area contributed by atoms with Gasteiger partial charge in [-0.25, -0.2) is 0 Å². The summed E-state index contributed by atoms with van der Waals surface area (Å²) in [6.07, 6.45) is 13.8. The average molecular weight is 441 g/mol. The van der Waals surface area contributed by atoms with Crippen LogP contribution in [0.5, 0.6) is 0 Å². The lowest BCUT2D eigenvalue weighted by Crippen LogP contribution is -2.19. The SMILES string of the molecule is C.C=C=C(CC(=C/C)/C(C)=C(\C)CC/C=C/C)C(CCCCC[C@@H](C)O)C(C)O.CC.[HH].[HH].[HH]. The molecule has 0 aliphatic carbocycles. The first-order valence-corrected chi connectivity index (χ1v) is 12.0. The minimum atomic E-state index is -0.404. The minimum Gasteiger partial charge on any atom is -0.393 e. The predicted molar refractivity (Wildman–Crippen MR) is 148 cm³/mol. The third-order valence-electron chi connectivity index (χ3n) is 5.67. The number of hydrogen-bond donors (Lipinski definition) is 2. The molecule has 0 aliphatic rings. The number of aliphatic hydroxyl groups excluding tert-OH is 2. The number of unbranched alkanes of at least 4 members (excludes halogenated alkanes) is 2. The van der Waals surface area contributed by atoms with Crippen molar-refractivity contribution in [3.63, 3.8) is 0 Å². The topological polar surface area (TPSA) is 40.5 Å². The molecule has 2 unspecified atom stereocenters. The second-order valence-electron chi connectivity index (χ2n) is 8.04. The molecule has 0 aliphatic heterocycles. The van der Waals surface area contributed by atoms with E-state index in [1.54, 1.807) is 0 Å². The van der Waals surface area contributed by atoms with E-state index in [1.165, 1.54) is 16.7 Å². The lowest BCUT2D eigenvalue weighted by Gasteiger charge is -2.24. The first kappa shape index (κ1) is 34.3. The predicted octanol–water partition coefficient (Wildman–Crippen LogP) is 9.46. The van der Waals surface area contributed by atoms with Crippen molar-refractivity contribution < 1.29 is 14.5 Å². The van der Waals surface area contributed by atoms with Gasteiger partial charge >= 0.3 is 0 Å². The molecule has 2 N–H and O–H groups in total. The third kappa shape index (κ3) is 16.0. The molecule has 0 rings (SSSR count). The zero-order chi connectivity index (χ0) is 23.5. The van der Waals surface area contributed by atoms with Crippen molar-refractivity contribution in [3.05, 3.63) is 52.8 Å². The van der Waals surface area contributed by atoms with E-state index >= 15 is 0 Å². The molecule has 0 saturated carbocycles. The highest BCUT2D eigenvalue weighted by molar-refractivity contribution is 5.36. The van der Waals surface area contributed by atoms with E-state index in [9.17, 15) is 10.2 Å². The van der Waals surface area contributed by atoms with Gasteiger partial charge in [-0.3, -0.25) is 0 Å². The molecule has 0 bridgehead atoms. The molecule has 0 radical (unpaired) electrons. The van der Waals surface area contributed by atoms with E-state index in [-0.39, 0.29) is 23.7 Å². The summed E-state index contributed by atoms with van der Waals surface area (Å²) in [5, 5.41) is 19.8. The maximum absolute atomic E-state index is 10.4. The third-order valence-corrected chi connectivity index (χ3v) is 5.67. The van der Waals surface area contributed by atoms with Gasteiger partial charge < -0.3 is 10.2 Å². The van der Waals surface area contributed by atoms with Crippen LogP contribution in [0, 0.1) is 5.92 Å². The van der Waals surface area contributed by atoms with Crippen molar-refractivity contribution >= 4 is 0 Å². The first-order chi connectivity index (χ1) is 14.3. The lowest BCUT2D eigenvalue weighted by molar-refractivity contribution is 0.135. The Morgan fingerprint density at radius 1 is 1.03 bits per heavy atom. The Bertz CT molecular complexity index is 584. The summed E-state index contributed by atoms with van der Waals surface area (Å²) >= 11 is 0. The summed E-state index contributed by atoms with van der Waals surface area (Å²) in [5.74, 6) is 0.0927. The normalized spacial score (nSPS) is 15.1. The van der Waals surface area contributed by atoms with Gasteiger partial charge in [0.15, 0.2) is 0 Å². The highest BCUT2D eigenvalue weighted by atomic mass is 16.3. The van der Waals surface area contributed by atoms with Crippen LogP contribution in [-0.4, -0.2) is 22.4 Å². The number of rotatable bonds is 14. The van der Waals surface area contributed by atoms with Crippen molar-refractivity contribution in [1.82, 2.24) is 0 Å². The van der Waals surface area contributed by atoms with Crippen LogP contribution in [0.4, 0.5) is 0 Å². The maximum Gasteiger partial charge on any atom is 0.0583 e. The molecule has 2 nitrogen and oxygen atoms in total. The maximum atomic E-state index is 10.4. The van der Waals surface area contributed by atoms with Gasteiger partial charge in [0.2, 0.25) is 0 Å². The largest absolute Gasteiger partial charge is 0.393 e. The van der Waals surface area contributed by atoms with E-state index in [0.717, 1.165) is 56.9 Å². The van der Waals surface area contributed by atoms with Crippen LogP contribution in [0.2, 0.25) is 0 Å². The minimum absolute atomic E-state index is 0. The van der Waals surface area contributed by atoms with Crippen LogP contribution < -0.4 is 0 Å². The highest BCUT2D eigenvalue weighted by Crippen LogP contribution is 2.31. The van der Waals surface area contributed by atoms with Crippen LogP contribution in [0.15, 0.2) is 52.8 Å². The fourth-order valence-electron chi connectivity index (χ4n) is 3.60. The Morgan fingerprint density at radius 2 is 1.61 bits per heavy atom. The standard InChI is InChI=1S/C26H44O2.C2H6.CH4.3H2/c1-8-11-13-16-20(4)22(6)24(9-2)19-25(10-3)26(23(7)28)18-15-12-14-17-21(5)27;1-2;;;;/h8-9,11,21,23,26-28H,3,12-19H2,1-2,4-7H3;1-2H3;1H4;3*1H/b11-8+,22-20+,24-9-;;;;;/t21-,23?,26?;;;;;/m1...../s1. The molecular weight excluding hydrogens is 380 g/mol. The van der Waals surface area contributed by atoms with Crippen molar-refractivity contribution in [2.45, 2.75) is 126 Å². The van der Waals surface area contributed by atoms with E-state index < -0.39 is 6.10 Å². The van der Waals surface area contributed by atoms with Gasteiger partial charge in [0.05, 0.1) is 12.2 Å². The summed E-state index contributed by atoms with van der Waals surface area (Å²) in [6, 6.07) is 0. The van der Waals surface area contributed by atoms with Crippen LogP contribution in [0.3, 0.4) is 0 Å². The Labute approximate surface area is 200 Å². The zero-order valence-electron chi connectivity index (χ0n) is 21.2. The summed E-state index contributed by atoms with van der Waals surface area (Å²) in [4.78, 5) is 0. The molecule has 188 valence electrons. The van der Waals surface area contributed by atoms with Gasteiger partial charge in [-0.05, 0) is 83.9 Å². The van der Waals surface area contributed by atoms with Gasteiger partial charge in [0.25, 0.3) is 0 Å². The Balaban J connectivity index is -0.000000317. The molecule has 0 spiro atoms. The van der Waals surface area contributed by atoms with Crippen LogP contribution >= 0.6 is 0 Å². The molecule has 0 aromatic carbocycles. The fraction of sp³-hybridized carbons (Fsp3) is 0.690. The molecule has 3 atom stereocenters. The fourth-order valence-corrected chi connectivity index (χ4v) is 3.60. The molecule has 0 saturated heterocycles. The van der Waals surface area contributed by atoms with Gasteiger partial charge in [-0.2, -0.15) is 0 Å². The lowest BCUT2D eigenvalue weighted by atomic mass is 9.83. The summed E-state index contributed by atoms with van der Waals surface area (Å²) < 4.78 is 0. The molecule has 0 fully saturated rings. The Kier molecular flexibility index (Phi) is 24.2. The second-order valence-corrected chi connectivity index (χ2v) is 8.04. The van der Waals surface area contributed by atoms with E-state index in [2.05, 4.69) is 58.2 Å². The van der Waals surface area contributed by atoms with Crippen LogP contribution in [0.25, 0.3) is 0 Å². The van der Waals surface area contributed by atoms with Gasteiger partial charge in [0, 0.05) is 16.6 Å². The van der Waals surface area contributed by atoms with Crippen LogP contribution in [-0.2, 0) is 0 Å². The second kappa shape index (κ2) is 21.9. The molecule has 31 heavy (non-hydrogen) atoms. The molecular formula is C29H60O2. The summed E-state index contributed by atoms with van der Waals surface area (Å²) in [7, 11) is 0. The quantitative estimate of drug-likeness (QED) is 0.122. The van der Waals surface area contributed by atoms with Crippen LogP contribution in [0.1, 0.15) is 118 Å². The van der Waals surface area contributed by atoms with E-state index in [1.807, 2.05) is 27.7 Å². The molecule has 2 heteroatoms. The Hall–Kier alpha value is -1.34. The number of allylic oxidation sites excluding steroid dienone is 6. The van der Waals surface area contributed by atoms with Gasteiger partial charge in [0.1, 0.15) is 0 Å². The number of aliphatic hydroxyl groups is 2. The van der Waals surface area contributed by atoms with Crippen molar-refractivity contribution in [2.24, 2.45) is 5.92 Å². The van der Waals surface area contributed by atoms with E-state index in [4.69, 9.17) is 0 Å². The monoisotopic (exact) mass is 440 g/mol. The summed E-state index contributed by atoms with van der Waals surface area (Å²) in [5.41, 5.74) is 8.33. The number of hydrogen-bond acceptors (Lipinski definition) is 2.